The number of halogens is 3. The molecule has 0 aromatic carbocycles. The molecule has 0 unspecified atom stereocenters. The summed E-state index contributed by atoms with van der Waals surface area (Å²) in [6.45, 7) is -0.328. The lowest BCUT2D eigenvalue weighted by atomic mass is 10.4. The lowest BCUT2D eigenvalue weighted by Crippen LogP contribution is -2.20. The fraction of sp³-hybridized carbons (Fsp3) is 0.500. The van der Waals surface area contributed by atoms with Crippen LogP contribution in [0.3, 0.4) is 0 Å². The van der Waals surface area contributed by atoms with E-state index in [1.807, 2.05) is 0 Å². The zero-order valence-electron chi connectivity index (χ0n) is 6.06. The molecule has 1 aromatic heterocycles. The summed E-state index contributed by atoms with van der Waals surface area (Å²) in [5, 5.41) is 0. The molecule has 68 valence electrons. The topological polar surface area (TPSA) is 37.8 Å². The third kappa shape index (κ3) is 2.44. The molecule has 0 saturated heterocycles. The Morgan fingerprint density at radius 3 is 2.58 bits per heavy atom. The van der Waals surface area contributed by atoms with Gasteiger partial charge in [-0.2, -0.15) is 13.2 Å². The fourth-order valence-electron chi connectivity index (χ4n) is 0.772. The summed E-state index contributed by atoms with van der Waals surface area (Å²) in [5.41, 5.74) is -0.515. The van der Waals surface area contributed by atoms with E-state index in [4.69, 9.17) is 0 Å². The van der Waals surface area contributed by atoms with E-state index in [1.165, 1.54) is 12.4 Å². The second-order valence-corrected chi connectivity index (χ2v) is 2.32. The van der Waals surface area contributed by atoms with Crippen LogP contribution in [0.25, 0.3) is 0 Å². The molecule has 0 aliphatic rings. The van der Waals surface area contributed by atoms with Gasteiger partial charge in [0.2, 0.25) is 0 Å². The summed E-state index contributed by atoms with van der Waals surface area (Å²) in [4.78, 5) is 12.9. The molecular formula is C6H7F3N2O. The predicted molar refractivity (Wildman–Crippen MR) is 35.7 cm³/mol. The highest BCUT2D eigenvalue weighted by atomic mass is 19.4. The van der Waals surface area contributed by atoms with E-state index in [1.54, 1.807) is 0 Å². The maximum absolute atomic E-state index is 11.7. The molecule has 0 aliphatic heterocycles. The largest absolute Gasteiger partial charge is 0.390 e. The predicted octanol–water partition coefficient (Wildman–Crippen LogP) is 1.13. The van der Waals surface area contributed by atoms with Crippen LogP contribution < -0.4 is 5.69 Å². The van der Waals surface area contributed by atoms with Gasteiger partial charge in [-0.05, 0) is 0 Å². The Bertz CT molecular complexity index is 298. The highest BCUT2D eigenvalue weighted by Crippen LogP contribution is 2.19. The minimum Gasteiger partial charge on any atom is -0.313 e. The Labute approximate surface area is 65.8 Å². The van der Waals surface area contributed by atoms with Gasteiger partial charge in [-0.1, -0.05) is 0 Å². The van der Waals surface area contributed by atoms with Gasteiger partial charge < -0.3 is 4.98 Å². The van der Waals surface area contributed by atoms with Gasteiger partial charge in [0.25, 0.3) is 0 Å². The molecule has 1 rings (SSSR count). The molecule has 0 amide bonds. The smallest absolute Gasteiger partial charge is 0.313 e. The van der Waals surface area contributed by atoms with Gasteiger partial charge in [0.05, 0.1) is 6.42 Å². The van der Waals surface area contributed by atoms with E-state index in [2.05, 4.69) is 4.98 Å². The third-order valence-corrected chi connectivity index (χ3v) is 1.36. The molecule has 1 N–H and O–H groups in total. The summed E-state index contributed by atoms with van der Waals surface area (Å²) < 4.78 is 35.9. The molecule has 0 radical (unpaired) electrons. The summed E-state index contributed by atoms with van der Waals surface area (Å²) >= 11 is 0. The lowest BCUT2D eigenvalue weighted by Gasteiger charge is -2.04. The molecule has 0 bridgehead atoms. The van der Waals surface area contributed by atoms with Crippen molar-refractivity contribution in [2.45, 2.75) is 19.1 Å². The number of H-pyrrole nitrogens is 1. The molecular weight excluding hydrogens is 173 g/mol. The van der Waals surface area contributed by atoms with E-state index in [0.29, 0.717) is 0 Å². The number of aromatic amines is 1. The van der Waals surface area contributed by atoms with Gasteiger partial charge in [0.1, 0.15) is 0 Å². The SMILES string of the molecule is O=c1[nH]ccn1CCC(F)(F)F. The number of aromatic nitrogens is 2. The Morgan fingerprint density at radius 2 is 2.17 bits per heavy atom. The number of nitrogens with one attached hydrogen (secondary N) is 1. The van der Waals surface area contributed by atoms with Gasteiger partial charge in [0.15, 0.2) is 0 Å². The standard InChI is InChI=1S/C6H7F3N2O/c7-6(8,9)1-3-11-4-2-10-5(11)12/h2,4H,1,3H2,(H,10,12). The zero-order valence-corrected chi connectivity index (χ0v) is 6.06. The van der Waals surface area contributed by atoms with Crippen LogP contribution in [-0.2, 0) is 6.54 Å². The molecule has 12 heavy (non-hydrogen) atoms. The number of alkyl halides is 3. The second kappa shape index (κ2) is 3.04. The van der Waals surface area contributed by atoms with Crippen molar-refractivity contribution in [3.05, 3.63) is 22.9 Å². The van der Waals surface area contributed by atoms with Gasteiger partial charge in [-0.15, -0.1) is 0 Å². The van der Waals surface area contributed by atoms with E-state index in [9.17, 15) is 18.0 Å². The van der Waals surface area contributed by atoms with E-state index >= 15 is 0 Å². The third-order valence-electron chi connectivity index (χ3n) is 1.36. The van der Waals surface area contributed by atoms with Crippen LogP contribution in [0.4, 0.5) is 13.2 Å². The van der Waals surface area contributed by atoms with Crippen LogP contribution in [0.5, 0.6) is 0 Å². The number of nitrogens with zero attached hydrogens (tertiary/aromatic N) is 1. The van der Waals surface area contributed by atoms with Crippen LogP contribution >= 0.6 is 0 Å². The Morgan fingerprint density at radius 1 is 1.50 bits per heavy atom. The Kier molecular flexibility index (Phi) is 2.25. The number of imidazole rings is 1. The van der Waals surface area contributed by atoms with Crippen LogP contribution in [0, 0.1) is 0 Å². The van der Waals surface area contributed by atoms with Crippen molar-refractivity contribution in [2.75, 3.05) is 0 Å². The lowest BCUT2D eigenvalue weighted by molar-refractivity contribution is -0.136. The monoisotopic (exact) mass is 180 g/mol. The Balaban J connectivity index is 2.55. The maximum Gasteiger partial charge on any atom is 0.390 e. The van der Waals surface area contributed by atoms with Crippen molar-refractivity contribution < 1.29 is 13.2 Å². The molecule has 3 nitrogen and oxygen atoms in total. The fourth-order valence-corrected chi connectivity index (χ4v) is 0.772. The van der Waals surface area contributed by atoms with Crippen LogP contribution in [0.1, 0.15) is 6.42 Å². The van der Waals surface area contributed by atoms with Crippen molar-refractivity contribution in [1.82, 2.24) is 9.55 Å². The van der Waals surface area contributed by atoms with E-state index < -0.39 is 18.3 Å². The minimum absolute atomic E-state index is 0.328. The quantitative estimate of drug-likeness (QED) is 0.727. The summed E-state index contributed by atoms with van der Waals surface area (Å²) in [7, 11) is 0. The van der Waals surface area contributed by atoms with E-state index in [0.717, 1.165) is 4.57 Å². The summed E-state index contributed by atoms with van der Waals surface area (Å²) in [5.74, 6) is 0. The van der Waals surface area contributed by atoms with Gasteiger partial charge in [-0.25, -0.2) is 4.79 Å². The normalized spacial score (nSPS) is 11.9. The van der Waals surface area contributed by atoms with Crippen molar-refractivity contribution in [2.24, 2.45) is 0 Å². The van der Waals surface area contributed by atoms with Crippen molar-refractivity contribution in [3.8, 4) is 0 Å². The molecule has 0 saturated carbocycles. The van der Waals surface area contributed by atoms with Crippen molar-refractivity contribution >= 4 is 0 Å². The molecule has 1 heterocycles. The van der Waals surface area contributed by atoms with Gasteiger partial charge in [0, 0.05) is 18.9 Å². The summed E-state index contributed by atoms with van der Waals surface area (Å²) in [6, 6.07) is 0. The zero-order chi connectivity index (χ0) is 9.19. The molecule has 0 spiro atoms. The maximum atomic E-state index is 11.7. The first-order chi connectivity index (χ1) is 5.49. The first kappa shape index (κ1) is 8.89. The number of rotatable bonds is 2. The van der Waals surface area contributed by atoms with Gasteiger partial charge in [-0.3, -0.25) is 4.57 Å². The van der Waals surface area contributed by atoms with Gasteiger partial charge >= 0.3 is 11.9 Å². The van der Waals surface area contributed by atoms with Crippen molar-refractivity contribution in [1.29, 1.82) is 0 Å². The van der Waals surface area contributed by atoms with Crippen LogP contribution in [0.2, 0.25) is 0 Å². The number of hydrogen-bond acceptors (Lipinski definition) is 1. The Hall–Kier alpha value is -1.20. The molecule has 1 aromatic rings. The highest BCUT2D eigenvalue weighted by Gasteiger charge is 2.26. The average Bonchev–Trinajstić information content (AvgIpc) is 2.29. The van der Waals surface area contributed by atoms with Crippen molar-refractivity contribution in [3.63, 3.8) is 0 Å². The number of aryl methyl sites for hydroxylation is 1. The second-order valence-electron chi connectivity index (χ2n) is 2.32. The van der Waals surface area contributed by atoms with Crippen LogP contribution in [-0.4, -0.2) is 15.7 Å². The first-order valence-corrected chi connectivity index (χ1v) is 3.29. The molecule has 0 atom stereocenters. The molecule has 0 fully saturated rings. The highest BCUT2D eigenvalue weighted by molar-refractivity contribution is 4.75. The van der Waals surface area contributed by atoms with Crippen LogP contribution in [0.15, 0.2) is 17.2 Å². The molecule has 6 heteroatoms. The molecule has 0 aliphatic carbocycles. The average molecular weight is 180 g/mol. The minimum atomic E-state index is -4.21. The summed E-state index contributed by atoms with van der Waals surface area (Å²) in [6.07, 6.45) is -2.60. The number of hydrogen-bond donors (Lipinski definition) is 1. The first-order valence-electron chi connectivity index (χ1n) is 3.29. The van der Waals surface area contributed by atoms with E-state index in [-0.39, 0.29) is 6.54 Å².